The van der Waals surface area contributed by atoms with Crippen LogP contribution in [0.25, 0.3) is 0 Å². The fraction of sp³-hybridized carbons (Fsp3) is 0.273. The quantitative estimate of drug-likeness (QED) is 0.882. The fourth-order valence-electron chi connectivity index (χ4n) is 1.40. The van der Waals surface area contributed by atoms with Gasteiger partial charge in [-0.15, -0.1) is 0 Å². The van der Waals surface area contributed by atoms with E-state index in [9.17, 15) is 0 Å². The van der Waals surface area contributed by atoms with Crippen LogP contribution in [0.1, 0.15) is 18.5 Å². The first-order valence-electron chi connectivity index (χ1n) is 5.04. The van der Waals surface area contributed by atoms with Gasteiger partial charge in [0.1, 0.15) is 5.03 Å². The van der Waals surface area contributed by atoms with Crippen molar-refractivity contribution in [3.05, 3.63) is 36.3 Å². The molecule has 1 unspecified atom stereocenters. The van der Waals surface area contributed by atoms with Gasteiger partial charge in [-0.2, -0.15) is 5.10 Å². The van der Waals surface area contributed by atoms with E-state index in [-0.39, 0.29) is 6.04 Å². The maximum atomic E-state index is 5.90. The molecule has 16 heavy (non-hydrogen) atoms. The predicted octanol–water partition coefficient (Wildman–Crippen LogP) is 1.99. The lowest BCUT2D eigenvalue weighted by Crippen LogP contribution is -2.06. The summed E-state index contributed by atoms with van der Waals surface area (Å²) in [5.41, 5.74) is 6.97. The topological polar surface area (TPSA) is 56.7 Å². The van der Waals surface area contributed by atoms with Gasteiger partial charge in [-0.3, -0.25) is 4.68 Å². The standard InChI is InChI=1S/C11H14N4S/c1-8(12)10-4-3-5-13-11(10)16-9-6-14-15(2)7-9/h3-8H,12H2,1-2H3. The molecule has 2 rings (SSSR count). The van der Waals surface area contributed by atoms with Crippen LogP contribution >= 0.6 is 11.8 Å². The average Bonchev–Trinajstić information content (AvgIpc) is 2.64. The SMILES string of the molecule is CC(N)c1cccnc1Sc1cnn(C)c1. The molecule has 0 fully saturated rings. The molecule has 0 aliphatic rings. The van der Waals surface area contributed by atoms with Crippen molar-refractivity contribution in [3.63, 3.8) is 0 Å². The predicted molar refractivity (Wildman–Crippen MR) is 64.2 cm³/mol. The Hall–Kier alpha value is -1.33. The lowest BCUT2D eigenvalue weighted by Gasteiger charge is -2.09. The van der Waals surface area contributed by atoms with Crippen LogP contribution in [0.2, 0.25) is 0 Å². The van der Waals surface area contributed by atoms with Crippen molar-refractivity contribution >= 4 is 11.8 Å². The van der Waals surface area contributed by atoms with Crippen LogP contribution in [0, 0.1) is 0 Å². The van der Waals surface area contributed by atoms with Crippen LogP contribution in [-0.2, 0) is 7.05 Å². The number of nitrogens with two attached hydrogens (primary N) is 1. The number of hydrogen-bond donors (Lipinski definition) is 1. The summed E-state index contributed by atoms with van der Waals surface area (Å²) in [5.74, 6) is 0. The van der Waals surface area contributed by atoms with Crippen LogP contribution in [0.3, 0.4) is 0 Å². The molecule has 0 aliphatic carbocycles. The Kier molecular flexibility index (Phi) is 3.26. The third-order valence-corrected chi connectivity index (χ3v) is 3.17. The van der Waals surface area contributed by atoms with Crippen LogP contribution in [-0.4, -0.2) is 14.8 Å². The van der Waals surface area contributed by atoms with Crippen molar-refractivity contribution in [2.75, 3.05) is 0 Å². The Morgan fingerprint density at radius 3 is 2.94 bits per heavy atom. The Bertz CT molecular complexity index is 478. The highest BCUT2D eigenvalue weighted by Gasteiger charge is 2.09. The molecule has 1 atom stereocenters. The van der Waals surface area contributed by atoms with Crippen LogP contribution in [0.15, 0.2) is 40.6 Å². The first-order valence-corrected chi connectivity index (χ1v) is 5.85. The van der Waals surface area contributed by atoms with E-state index in [1.54, 1.807) is 22.6 Å². The highest BCUT2D eigenvalue weighted by atomic mass is 32.2. The molecule has 0 bridgehead atoms. The summed E-state index contributed by atoms with van der Waals surface area (Å²) in [7, 11) is 1.90. The molecular formula is C11H14N4S. The number of nitrogens with zero attached hydrogens (tertiary/aromatic N) is 3. The van der Waals surface area contributed by atoms with Crippen LogP contribution in [0.4, 0.5) is 0 Å². The lowest BCUT2D eigenvalue weighted by atomic mass is 10.2. The van der Waals surface area contributed by atoms with Crippen molar-refractivity contribution in [3.8, 4) is 0 Å². The van der Waals surface area contributed by atoms with Gasteiger partial charge in [-0.1, -0.05) is 17.8 Å². The van der Waals surface area contributed by atoms with Crippen molar-refractivity contribution in [2.45, 2.75) is 22.9 Å². The molecule has 2 aromatic heterocycles. The second-order valence-electron chi connectivity index (χ2n) is 3.64. The summed E-state index contributed by atoms with van der Waals surface area (Å²) in [5, 5.41) is 5.07. The van der Waals surface area contributed by atoms with E-state index in [0.29, 0.717) is 0 Å². The number of hydrogen-bond acceptors (Lipinski definition) is 4. The van der Waals surface area contributed by atoms with Crippen molar-refractivity contribution in [1.82, 2.24) is 14.8 Å². The van der Waals surface area contributed by atoms with E-state index >= 15 is 0 Å². The molecule has 2 heterocycles. The van der Waals surface area contributed by atoms with Gasteiger partial charge in [0.2, 0.25) is 0 Å². The molecular weight excluding hydrogens is 220 g/mol. The molecule has 0 amide bonds. The number of aromatic nitrogens is 3. The normalized spacial score (nSPS) is 12.7. The Morgan fingerprint density at radius 2 is 2.31 bits per heavy atom. The van der Waals surface area contributed by atoms with E-state index in [4.69, 9.17) is 5.73 Å². The zero-order chi connectivity index (χ0) is 11.5. The van der Waals surface area contributed by atoms with E-state index in [1.165, 1.54) is 0 Å². The van der Waals surface area contributed by atoms with E-state index in [1.807, 2.05) is 38.5 Å². The number of rotatable bonds is 3. The summed E-state index contributed by atoms with van der Waals surface area (Å²) in [6, 6.07) is 3.91. The molecule has 0 spiro atoms. The summed E-state index contributed by atoms with van der Waals surface area (Å²) in [4.78, 5) is 5.42. The highest BCUT2D eigenvalue weighted by Crippen LogP contribution is 2.30. The summed E-state index contributed by atoms with van der Waals surface area (Å²) >= 11 is 1.59. The minimum atomic E-state index is -0.00660. The van der Waals surface area contributed by atoms with E-state index < -0.39 is 0 Å². The van der Waals surface area contributed by atoms with Crippen molar-refractivity contribution in [1.29, 1.82) is 0 Å². The van der Waals surface area contributed by atoms with Gasteiger partial charge in [-0.05, 0) is 13.0 Å². The third-order valence-electron chi connectivity index (χ3n) is 2.19. The van der Waals surface area contributed by atoms with Gasteiger partial charge in [0, 0.05) is 31.0 Å². The Labute approximate surface area is 98.9 Å². The molecule has 0 aliphatic heterocycles. The van der Waals surface area contributed by atoms with Gasteiger partial charge in [-0.25, -0.2) is 4.98 Å². The second-order valence-corrected chi connectivity index (χ2v) is 4.70. The largest absolute Gasteiger partial charge is 0.324 e. The number of pyridine rings is 1. The van der Waals surface area contributed by atoms with Crippen molar-refractivity contribution < 1.29 is 0 Å². The molecule has 0 aromatic carbocycles. The van der Waals surface area contributed by atoms with Gasteiger partial charge >= 0.3 is 0 Å². The first kappa shape index (κ1) is 11.2. The molecule has 4 nitrogen and oxygen atoms in total. The molecule has 5 heteroatoms. The maximum absolute atomic E-state index is 5.90. The highest BCUT2D eigenvalue weighted by molar-refractivity contribution is 7.99. The van der Waals surface area contributed by atoms with Crippen LogP contribution in [0.5, 0.6) is 0 Å². The summed E-state index contributed by atoms with van der Waals surface area (Å²) in [6.45, 7) is 1.96. The molecule has 2 N–H and O–H groups in total. The molecule has 84 valence electrons. The van der Waals surface area contributed by atoms with E-state index in [2.05, 4.69) is 10.1 Å². The van der Waals surface area contributed by atoms with Gasteiger partial charge < -0.3 is 5.73 Å². The van der Waals surface area contributed by atoms with E-state index in [0.717, 1.165) is 15.5 Å². The number of aryl methyl sites for hydroxylation is 1. The molecule has 0 saturated carbocycles. The molecule has 2 aromatic rings. The zero-order valence-corrected chi connectivity index (χ0v) is 10.1. The monoisotopic (exact) mass is 234 g/mol. The first-order chi connectivity index (χ1) is 7.66. The average molecular weight is 234 g/mol. The van der Waals surface area contributed by atoms with Gasteiger partial charge in [0.25, 0.3) is 0 Å². The third kappa shape index (κ3) is 2.43. The van der Waals surface area contributed by atoms with Crippen molar-refractivity contribution in [2.24, 2.45) is 12.8 Å². The molecule has 0 saturated heterocycles. The van der Waals surface area contributed by atoms with Crippen LogP contribution < -0.4 is 5.73 Å². The lowest BCUT2D eigenvalue weighted by molar-refractivity contribution is 0.766. The Balaban J connectivity index is 2.27. The summed E-state index contributed by atoms with van der Waals surface area (Å²) in [6.07, 6.45) is 5.57. The van der Waals surface area contributed by atoms with Gasteiger partial charge in [0.15, 0.2) is 0 Å². The second kappa shape index (κ2) is 4.67. The smallest absolute Gasteiger partial charge is 0.106 e. The minimum Gasteiger partial charge on any atom is -0.324 e. The minimum absolute atomic E-state index is 0.00660. The van der Waals surface area contributed by atoms with Gasteiger partial charge in [0.05, 0.1) is 11.1 Å². The molecule has 0 radical (unpaired) electrons. The maximum Gasteiger partial charge on any atom is 0.106 e. The summed E-state index contributed by atoms with van der Waals surface area (Å²) < 4.78 is 1.77. The zero-order valence-electron chi connectivity index (χ0n) is 9.29. The fourth-order valence-corrected chi connectivity index (χ4v) is 2.41. The Morgan fingerprint density at radius 1 is 1.50 bits per heavy atom.